The molecule has 66 valence electrons. The van der Waals surface area contributed by atoms with Crippen LogP contribution in [0.5, 0.6) is 0 Å². The molecular formula is C6H14NO3P. The second kappa shape index (κ2) is 5.49. The molecule has 0 saturated carbocycles. The molecule has 0 aromatic carbocycles. The minimum absolute atomic E-state index is 0.214. The number of rotatable bonds is 6. The SMILES string of the molecule is C=CCNCP(=O)(OC)OC. The van der Waals surface area contributed by atoms with Crippen LogP contribution in [-0.2, 0) is 13.6 Å². The number of nitrogens with one attached hydrogen (secondary N) is 1. The van der Waals surface area contributed by atoms with Crippen LogP contribution in [0.4, 0.5) is 0 Å². The van der Waals surface area contributed by atoms with E-state index in [9.17, 15) is 4.57 Å². The van der Waals surface area contributed by atoms with E-state index in [4.69, 9.17) is 0 Å². The van der Waals surface area contributed by atoms with Crippen LogP contribution in [0.2, 0.25) is 0 Å². The summed E-state index contributed by atoms with van der Waals surface area (Å²) in [5.74, 6) is 0. The van der Waals surface area contributed by atoms with Gasteiger partial charge in [-0.3, -0.25) is 4.57 Å². The van der Waals surface area contributed by atoms with Crippen molar-refractivity contribution in [1.29, 1.82) is 0 Å². The second-order valence-corrected chi connectivity index (χ2v) is 4.15. The van der Waals surface area contributed by atoms with E-state index in [0.717, 1.165) is 0 Å². The van der Waals surface area contributed by atoms with E-state index in [1.807, 2.05) is 0 Å². The highest BCUT2D eigenvalue weighted by atomic mass is 31.2. The number of hydrogen-bond donors (Lipinski definition) is 1. The minimum atomic E-state index is -2.87. The molecule has 0 atom stereocenters. The molecule has 0 aliphatic heterocycles. The predicted octanol–water partition coefficient (Wildman–Crippen LogP) is 1.21. The Morgan fingerprint density at radius 2 is 2.09 bits per heavy atom. The summed E-state index contributed by atoms with van der Waals surface area (Å²) < 4.78 is 20.6. The summed E-state index contributed by atoms with van der Waals surface area (Å²) in [7, 11) is -0.148. The third-order valence-electron chi connectivity index (χ3n) is 1.15. The zero-order chi connectivity index (χ0) is 8.74. The van der Waals surface area contributed by atoms with Crippen LogP contribution in [0.3, 0.4) is 0 Å². The lowest BCUT2D eigenvalue weighted by molar-refractivity contribution is 0.273. The fourth-order valence-electron chi connectivity index (χ4n) is 0.507. The van der Waals surface area contributed by atoms with Crippen LogP contribution >= 0.6 is 7.60 Å². The van der Waals surface area contributed by atoms with Gasteiger partial charge in [0.2, 0.25) is 0 Å². The molecule has 0 bridgehead atoms. The quantitative estimate of drug-likeness (QED) is 0.378. The fraction of sp³-hybridized carbons (Fsp3) is 0.667. The molecule has 0 heterocycles. The summed E-state index contributed by atoms with van der Waals surface area (Å²) >= 11 is 0. The summed E-state index contributed by atoms with van der Waals surface area (Å²) in [5.41, 5.74) is 0. The molecule has 0 aliphatic carbocycles. The van der Waals surface area contributed by atoms with Gasteiger partial charge in [-0.05, 0) is 0 Å². The van der Waals surface area contributed by atoms with Crippen molar-refractivity contribution in [3.05, 3.63) is 12.7 Å². The van der Waals surface area contributed by atoms with E-state index in [0.29, 0.717) is 6.54 Å². The lowest BCUT2D eigenvalue weighted by Crippen LogP contribution is -2.16. The molecule has 0 saturated heterocycles. The normalized spacial score (nSPS) is 11.5. The Morgan fingerprint density at radius 3 is 2.45 bits per heavy atom. The van der Waals surface area contributed by atoms with E-state index in [-0.39, 0.29) is 6.29 Å². The highest BCUT2D eigenvalue weighted by molar-refractivity contribution is 7.53. The summed E-state index contributed by atoms with van der Waals surface area (Å²) in [6.45, 7) is 4.09. The Morgan fingerprint density at radius 1 is 1.55 bits per heavy atom. The van der Waals surface area contributed by atoms with E-state index < -0.39 is 7.60 Å². The highest BCUT2D eigenvalue weighted by Gasteiger charge is 2.19. The molecule has 0 radical (unpaired) electrons. The summed E-state index contributed by atoms with van der Waals surface area (Å²) in [5, 5.41) is 2.85. The first kappa shape index (κ1) is 10.8. The molecule has 11 heavy (non-hydrogen) atoms. The van der Waals surface area contributed by atoms with Gasteiger partial charge in [0, 0.05) is 20.8 Å². The van der Waals surface area contributed by atoms with Gasteiger partial charge in [0.1, 0.15) is 0 Å². The Bertz CT molecular complexity index is 152. The monoisotopic (exact) mass is 179 g/mol. The molecule has 1 N–H and O–H groups in total. The predicted molar refractivity (Wildman–Crippen MR) is 44.7 cm³/mol. The molecule has 5 heteroatoms. The first-order chi connectivity index (χ1) is 5.18. The van der Waals surface area contributed by atoms with Gasteiger partial charge in [0.25, 0.3) is 0 Å². The zero-order valence-corrected chi connectivity index (χ0v) is 7.77. The van der Waals surface area contributed by atoms with E-state index in [2.05, 4.69) is 20.9 Å². The van der Waals surface area contributed by atoms with Crippen LogP contribution in [0.1, 0.15) is 0 Å². The summed E-state index contributed by atoms with van der Waals surface area (Å²) in [6, 6.07) is 0. The lowest BCUT2D eigenvalue weighted by Gasteiger charge is -2.12. The zero-order valence-electron chi connectivity index (χ0n) is 6.87. The molecule has 0 rings (SSSR count). The molecule has 0 spiro atoms. The van der Waals surface area contributed by atoms with Crippen molar-refractivity contribution < 1.29 is 13.6 Å². The van der Waals surface area contributed by atoms with Crippen LogP contribution in [0.25, 0.3) is 0 Å². The number of hydrogen-bond acceptors (Lipinski definition) is 4. The summed E-state index contributed by atoms with van der Waals surface area (Å²) in [4.78, 5) is 0. The standard InChI is InChI=1S/C6H14NO3P/c1-4-5-7-6-11(8,9-2)10-3/h4,7H,1,5-6H2,2-3H3. The second-order valence-electron chi connectivity index (χ2n) is 1.88. The molecule has 0 aromatic rings. The van der Waals surface area contributed by atoms with Gasteiger partial charge in [-0.25, -0.2) is 0 Å². The van der Waals surface area contributed by atoms with Gasteiger partial charge >= 0.3 is 7.60 Å². The smallest absolute Gasteiger partial charge is 0.311 e. The third-order valence-corrected chi connectivity index (χ3v) is 2.87. The van der Waals surface area contributed by atoms with Gasteiger partial charge < -0.3 is 14.4 Å². The van der Waals surface area contributed by atoms with Gasteiger partial charge in [-0.15, -0.1) is 6.58 Å². The Kier molecular flexibility index (Phi) is 5.42. The van der Waals surface area contributed by atoms with Crippen molar-refractivity contribution in [2.24, 2.45) is 0 Å². The van der Waals surface area contributed by atoms with Gasteiger partial charge in [-0.2, -0.15) is 0 Å². The van der Waals surface area contributed by atoms with Gasteiger partial charge in [0.15, 0.2) is 0 Å². The van der Waals surface area contributed by atoms with Crippen molar-refractivity contribution in [3.8, 4) is 0 Å². The van der Waals surface area contributed by atoms with Crippen molar-refractivity contribution in [2.75, 3.05) is 27.1 Å². The third kappa shape index (κ3) is 4.32. The van der Waals surface area contributed by atoms with Crippen LogP contribution < -0.4 is 5.32 Å². The van der Waals surface area contributed by atoms with Crippen molar-refractivity contribution in [1.82, 2.24) is 5.32 Å². The van der Waals surface area contributed by atoms with Crippen molar-refractivity contribution in [3.63, 3.8) is 0 Å². The Labute approximate surface area is 67.1 Å². The van der Waals surface area contributed by atoms with Crippen molar-refractivity contribution >= 4 is 7.60 Å². The largest absolute Gasteiger partial charge is 0.343 e. The maximum Gasteiger partial charge on any atom is 0.343 e. The lowest BCUT2D eigenvalue weighted by atomic mass is 10.6. The first-order valence-corrected chi connectivity index (χ1v) is 4.93. The molecular weight excluding hydrogens is 165 g/mol. The van der Waals surface area contributed by atoms with E-state index >= 15 is 0 Å². The topological polar surface area (TPSA) is 47.6 Å². The molecule has 4 nitrogen and oxygen atoms in total. The molecule has 0 aliphatic rings. The average molecular weight is 179 g/mol. The fourth-order valence-corrected chi connectivity index (χ4v) is 1.32. The molecule has 0 fully saturated rings. The molecule has 0 aromatic heterocycles. The van der Waals surface area contributed by atoms with E-state index in [1.54, 1.807) is 6.08 Å². The first-order valence-electron chi connectivity index (χ1n) is 3.20. The van der Waals surface area contributed by atoms with E-state index in [1.165, 1.54) is 14.2 Å². The Balaban J connectivity index is 3.69. The molecule has 0 amide bonds. The van der Waals surface area contributed by atoms with Crippen LogP contribution in [-0.4, -0.2) is 27.1 Å². The maximum absolute atomic E-state index is 11.3. The summed E-state index contributed by atoms with van der Waals surface area (Å²) in [6.07, 6.45) is 1.89. The average Bonchev–Trinajstić information content (AvgIpc) is 2.05. The highest BCUT2D eigenvalue weighted by Crippen LogP contribution is 2.44. The minimum Gasteiger partial charge on any atom is -0.311 e. The Hall–Kier alpha value is -0.150. The van der Waals surface area contributed by atoms with Gasteiger partial charge in [-0.1, -0.05) is 6.08 Å². The van der Waals surface area contributed by atoms with Crippen LogP contribution in [0, 0.1) is 0 Å². The van der Waals surface area contributed by atoms with Gasteiger partial charge in [0.05, 0.1) is 6.29 Å². The van der Waals surface area contributed by atoms with Crippen molar-refractivity contribution in [2.45, 2.75) is 0 Å². The van der Waals surface area contributed by atoms with Crippen LogP contribution in [0.15, 0.2) is 12.7 Å². The maximum atomic E-state index is 11.3. The molecule has 0 unspecified atom stereocenters.